The van der Waals surface area contributed by atoms with Crippen molar-refractivity contribution in [3.8, 4) is 0 Å². The van der Waals surface area contributed by atoms with Crippen LogP contribution in [-0.4, -0.2) is 21.7 Å². The molecule has 0 spiro atoms. The van der Waals surface area contributed by atoms with Gasteiger partial charge in [0, 0.05) is 6.42 Å². The molecule has 1 aromatic carbocycles. The molecular formula is C15H17ClN2OS. The van der Waals surface area contributed by atoms with E-state index in [0.717, 1.165) is 17.9 Å². The first-order valence-corrected chi connectivity index (χ1v) is 8.51. The highest BCUT2D eigenvalue weighted by molar-refractivity contribution is 7.99. The lowest BCUT2D eigenvalue weighted by Gasteiger charge is -2.19. The van der Waals surface area contributed by atoms with Crippen LogP contribution in [0, 0.1) is 5.92 Å². The van der Waals surface area contributed by atoms with Gasteiger partial charge in [-0.15, -0.1) is 21.8 Å². The average molecular weight is 309 g/mol. The van der Waals surface area contributed by atoms with E-state index in [1.54, 1.807) is 0 Å². The largest absolute Gasteiger partial charge is 0.423 e. The fraction of sp³-hybridized carbons (Fsp3) is 0.467. The van der Waals surface area contributed by atoms with Gasteiger partial charge in [0.2, 0.25) is 11.8 Å². The van der Waals surface area contributed by atoms with E-state index in [9.17, 15) is 0 Å². The highest BCUT2D eigenvalue weighted by atomic mass is 35.5. The van der Waals surface area contributed by atoms with Crippen molar-refractivity contribution < 1.29 is 4.42 Å². The SMILES string of the molecule is ClC(c1ccccc1)c1nnc(CC2CCSCC2)o1. The van der Waals surface area contributed by atoms with E-state index in [1.165, 1.54) is 24.3 Å². The Kier molecular flexibility index (Phi) is 4.63. The molecule has 1 aliphatic rings. The minimum absolute atomic E-state index is 0.362. The summed E-state index contributed by atoms with van der Waals surface area (Å²) in [5, 5.41) is 7.89. The normalized spacial score (nSPS) is 18.1. The molecule has 0 radical (unpaired) electrons. The van der Waals surface area contributed by atoms with Crippen LogP contribution >= 0.6 is 23.4 Å². The van der Waals surface area contributed by atoms with Gasteiger partial charge >= 0.3 is 0 Å². The first kappa shape index (κ1) is 14.0. The number of benzene rings is 1. The summed E-state index contributed by atoms with van der Waals surface area (Å²) in [6.45, 7) is 0. The van der Waals surface area contributed by atoms with Crippen LogP contribution in [0.5, 0.6) is 0 Å². The molecule has 0 amide bonds. The molecule has 20 heavy (non-hydrogen) atoms. The van der Waals surface area contributed by atoms with Gasteiger partial charge in [-0.05, 0) is 35.8 Å². The van der Waals surface area contributed by atoms with Crippen molar-refractivity contribution in [1.29, 1.82) is 0 Å². The Labute approximate surface area is 128 Å². The molecule has 3 rings (SSSR count). The molecule has 5 heteroatoms. The molecule has 1 aliphatic heterocycles. The lowest BCUT2D eigenvalue weighted by atomic mass is 9.99. The zero-order chi connectivity index (χ0) is 13.8. The Morgan fingerprint density at radius 3 is 2.70 bits per heavy atom. The quantitative estimate of drug-likeness (QED) is 0.798. The third-order valence-corrected chi connectivity index (χ3v) is 5.08. The van der Waals surface area contributed by atoms with Crippen LogP contribution in [0.3, 0.4) is 0 Å². The van der Waals surface area contributed by atoms with Crippen LogP contribution in [0.1, 0.15) is 35.6 Å². The second-order valence-corrected chi connectivity index (χ2v) is 6.73. The lowest BCUT2D eigenvalue weighted by Crippen LogP contribution is -2.12. The number of hydrogen-bond acceptors (Lipinski definition) is 4. The summed E-state index contributed by atoms with van der Waals surface area (Å²) >= 11 is 8.42. The van der Waals surface area contributed by atoms with Gasteiger partial charge in [-0.25, -0.2) is 0 Å². The van der Waals surface area contributed by atoms with Crippen molar-refractivity contribution in [1.82, 2.24) is 10.2 Å². The molecule has 2 heterocycles. The van der Waals surface area contributed by atoms with E-state index in [4.69, 9.17) is 16.0 Å². The van der Waals surface area contributed by atoms with Gasteiger partial charge < -0.3 is 4.42 Å². The maximum absolute atomic E-state index is 6.39. The maximum atomic E-state index is 6.39. The van der Waals surface area contributed by atoms with Gasteiger partial charge in [0.1, 0.15) is 5.38 Å². The topological polar surface area (TPSA) is 38.9 Å². The van der Waals surface area contributed by atoms with Crippen LogP contribution in [-0.2, 0) is 6.42 Å². The second-order valence-electron chi connectivity index (χ2n) is 5.07. The van der Waals surface area contributed by atoms with Crippen LogP contribution in [0.25, 0.3) is 0 Å². The summed E-state index contributed by atoms with van der Waals surface area (Å²) in [5.74, 6) is 4.38. The highest BCUT2D eigenvalue weighted by Crippen LogP contribution is 2.29. The number of thioether (sulfide) groups is 1. The van der Waals surface area contributed by atoms with Gasteiger partial charge in [-0.1, -0.05) is 30.3 Å². The summed E-state index contributed by atoms with van der Waals surface area (Å²) in [6.07, 6.45) is 3.36. The van der Waals surface area contributed by atoms with E-state index in [1.807, 2.05) is 42.1 Å². The van der Waals surface area contributed by atoms with Crippen LogP contribution in [0.15, 0.2) is 34.7 Å². The standard InChI is InChI=1S/C15H17ClN2OS/c16-14(12-4-2-1-3-5-12)15-18-17-13(19-15)10-11-6-8-20-9-7-11/h1-5,11,14H,6-10H2. The van der Waals surface area contributed by atoms with Crippen molar-refractivity contribution in [2.24, 2.45) is 5.92 Å². The molecule has 1 atom stereocenters. The smallest absolute Gasteiger partial charge is 0.238 e. The van der Waals surface area contributed by atoms with E-state index in [-0.39, 0.29) is 5.38 Å². The van der Waals surface area contributed by atoms with Gasteiger partial charge in [-0.3, -0.25) is 0 Å². The van der Waals surface area contributed by atoms with E-state index in [0.29, 0.717) is 11.8 Å². The Hall–Kier alpha value is -1.00. The third kappa shape index (κ3) is 3.36. The second kappa shape index (κ2) is 6.64. The van der Waals surface area contributed by atoms with Crippen LogP contribution in [0.2, 0.25) is 0 Å². The fourth-order valence-electron chi connectivity index (χ4n) is 2.41. The molecule has 0 aliphatic carbocycles. The molecule has 1 saturated heterocycles. The summed E-state index contributed by atoms with van der Waals surface area (Å²) in [5.41, 5.74) is 0.985. The zero-order valence-electron chi connectivity index (χ0n) is 11.2. The third-order valence-electron chi connectivity index (χ3n) is 3.60. The molecule has 0 saturated carbocycles. The molecular weight excluding hydrogens is 292 g/mol. The molecule has 106 valence electrons. The fourth-order valence-corrected chi connectivity index (χ4v) is 3.85. The van der Waals surface area contributed by atoms with Crippen molar-refractivity contribution >= 4 is 23.4 Å². The number of rotatable bonds is 4. The number of nitrogens with zero attached hydrogens (tertiary/aromatic N) is 2. The minimum atomic E-state index is -0.362. The predicted molar refractivity (Wildman–Crippen MR) is 82.2 cm³/mol. The molecule has 2 aromatic rings. The molecule has 1 aromatic heterocycles. The Balaban J connectivity index is 1.67. The number of hydrogen-bond donors (Lipinski definition) is 0. The summed E-state index contributed by atoms with van der Waals surface area (Å²) in [7, 11) is 0. The monoisotopic (exact) mass is 308 g/mol. The predicted octanol–water partition coefficient (Wildman–Crippen LogP) is 4.08. The van der Waals surface area contributed by atoms with Crippen LogP contribution < -0.4 is 0 Å². The Bertz CT molecular complexity index is 540. The molecule has 3 nitrogen and oxygen atoms in total. The molecule has 1 unspecified atom stereocenters. The average Bonchev–Trinajstić information content (AvgIpc) is 2.97. The van der Waals surface area contributed by atoms with E-state index < -0.39 is 0 Å². The van der Waals surface area contributed by atoms with Gasteiger partial charge in [-0.2, -0.15) is 11.8 Å². The van der Waals surface area contributed by atoms with Crippen molar-refractivity contribution in [2.45, 2.75) is 24.6 Å². The lowest BCUT2D eigenvalue weighted by molar-refractivity contribution is 0.393. The molecule has 1 fully saturated rings. The first-order chi connectivity index (χ1) is 9.83. The van der Waals surface area contributed by atoms with Gasteiger partial charge in [0.25, 0.3) is 0 Å². The van der Waals surface area contributed by atoms with Crippen molar-refractivity contribution in [3.63, 3.8) is 0 Å². The Morgan fingerprint density at radius 1 is 1.20 bits per heavy atom. The van der Waals surface area contributed by atoms with Crippen LogP contribution in [0.4, 0.5) is 0 Å². The van der Waals surface area contributed by atoms with Crippen molar-refractivity contribution in [2.75, 3.05) is 11.5 Å². The number of halogens is 1. The molecule has 0 N–H and O–H groups in total. The summed E-state index contributed by atoms with van der Waals surface area (Å²) in [4.78, 5) is 0. The number of alkyl halides is 1. The van der Waals surface area contributed by atoms with Gasteiger partial charge in [0.15, 0.2) is 0 Å². The first-order valence-electron chi connectivity index (χ1n) is 6.92. The summed E-state index contributed by atoms with van der Waals surface area (Å²) in [6, 6.07) is 9.83. The maximum Gasteiger partial charge on any atom is 0.238 e. The number of aromatic nitrogens is 2. The van der Waals surface area contributed by atoms with E-state index in [2.05, 4.69) is 10.2 Å². The highest BCUT2D eigenvalue weighted by Gasteiger charge is 2.21. The molecule has 0 bridgehead atoms. The zero-order valence-corrected chi connectivity index (χ0v) is 12.7. The van der Waals surface area contributed by atoms with Crippen molar-refractivity contribution in [3.05, 3.63) is 47.7 Å². The van der Waals surface area contributed by atoms with E-state index >= 15 is 0 Å². The van der Waals surface area contributed by atoms with Gasteiger partial charge in [0.05, 0.1) is 0 Å². The Morgan fingerprint density at radius 2 is 1.95 bits per heavy atom. The minimum Gasteiger partial charge on any atom is -0.423 e. The summed E-state index contributed by atoms with van der Waals surface area (Å²) < 4.78 is 5.74.